The van der Waals surface area contributed by atoms with Gasteiger partial charge in [-0.15, -0.1) is 0 Å². The van der Waals surface area contributed by atoms with Crippen LogP contribution in [-0.2, 0) is 6.61 Å². The minimum atomic E-state index is -0.0906. The fraction of sp³-hybridized carbons (Fsp3) is 0.727. The van der Waals surface area contributed by atoms with Gasteiger partial charge in [0.05, 0.1) is 6.20 Å². The van der Waals surface area contributed by atoms with Crippen LogP contribution in [0.1, 0.15) is 56.1 Å². The van der Waals surface area contributed by atoms with E-state index < -0.39 is 0 Å². The highest BCUT2D eigenvalue weighted by Gasteiger charge is 2.18. The molecular weight excluding hydrogens is 178 g/mol. The van der Waals surface area contributed by atoms with E-state index in [1.165, 1.54) is 38.5 Å². The molecule has 0 aliphatic heterocycles. The third-order valence-electron chi connectivity index (χ3n) is 2.96. The monoisotopic (exact) mass is 195 g/mol. The summed E-state index contributed by atoms with van der Waals surface area (Å²) < 4.78 is 5.47. The second kappa shape index (κ2) is 4.60. The first-order valence-electron chi connectivity index (χ1n) is 5.45. The number of aromatic nitrogens is 1. The van der Waals surface area contributed by atoms with Gasteiger partial charge in [-0.3, -0.25) is 0 Å². The lowest BCUT2D eigenvalue weighted by Crippen LogP contribution is -1.94. The summed E-state index contributed by atoms with van der Waals surface area (Å²) in [5.74, 6) is 1.95. The van der Waals surface area contributed by atoms with E-state index in [1.807, 2.05) is 0 Å². The molecule has 1 fully saturated rings. The quantitative estimate of drug-likeness (QED) is 0.738. The van der Waals surface area contributed by atoms with Crippen LogP contribution in [0.5, 0.6) is 0 Å². The third-order valence-corrected chi connectivity index (χ3v) is 2.96. The fourth-order valence-corrected chi connectivity index (χ4v) is 2.15. The van der Waals surface area contributed by atoms with Crippen LogP contribution in [0.4, 0.5) is 0 Å². The first-order chi connectivity index (χ1) is 6.90. The summed E-state index contributed by atoms with van der Waals surface area (Å²) >= 11 is 0. The Bertz CT molecular complexity index is 275. The number of aliphatic hydroxyl groups is 1. The van der Waals surface area contributed by atoms with Gasteiger partial charge in [-0.2, -0.15) is 0 Å². The fourth-order valence-electron chi connectivity index (χ4n) is 2.15. The van der Waals surface area contributed by atoms with Crippen molar-refractivity contribution < 1.29 is 9.52 Å². The van der Waals surface area contributed by atoms with Gasteiger partial charge in [0.1, 0.15) is 12.4 Å². The zero-order valence-corrected chi connectivity index (χ0v) is 8.41. The number of nitrogens with zero attached hydrogens (tertiary/aromatic N) is 1. The van der Waals surface area contributed by atoms with Crippen molar-refractivity contribution >= 4 is 0 Å². The molecule has 0 unspecified atom stereocenters. The number of oxazole rings is 1. The van der Waals surface area contributed by atoms with Crippen molar-refractivity contribution in [1.82, 2.24) is 4.98 Å². The summed E-state index contributed by atoms with van der Waals surface area (Å²) in [6.07, 6.45) is 9.47. The molecule has 0 atom stereocenters. The topological polar surface area (TPSA) is 46.3 Å². The summed E-state index contributed by atoms with van der Waals surface area (Å²) in [5, 5.41) is 8.85. The normalized spacial score (nSPS) is 19.5. The van der Waals surface area contributed by atoms with E-state index in [1.54, 1.807) is 6.20 Å². The Hall–Kier alpha value is -0.830. The molecule has 0 spiro atoms. The minimum Gasteiger partial charge on any atom is -0.443 e. The smallest absolute Gasteiger partial charge is 0.220 e. The van der Waals surface area contributed by atoms with Gasteiger partial charge >= 0.3 is 0 Å². The number of rotatable bonds is 2. The predicted molar refractivity (Wildman–Crippen MR) is 52.9 cm³/mol. The van der Waals surface area contributed by atoms with E-state index in [4.69, 9.17) is 9.52 Å². The Balaban J connectivity index is 2.04. The van der Waals surface area contributed by atoms with Crippen LogP contribution in [0.3, 0.4) is 0 Å². The standard InChI is InChI=1S/C11H17NO2/c13-8-11-12-7-10(14-11)9-5-3-1-2-4-6-9/h7,9,13H,1-6,8H2. The van der Waals surface area contributed by atoms with Crippen molar-refractivity contribution in [3.8, 4) is 0 Å². The van der Waals surface area contributed by atoms with Gasteiger partial charge < -0.3 is 9.52 Å². The highest BCUT2D eigenvalue weighted by molar-refractivity contribution is 5.02. The van der Waals surface area contributed by atoms with Crippen LogP contribution in [0.15, 0.2) is 10.6 Å². The van der Waals surface area contributed by atoms with Gasteiger partial charge in [0, 0.05) is 5.92 Å². The molecule has 0 aromatic carbocycles. The molecule has 3 nitrogen and oxygen atoms in total. The Labute approximate surface area is 84.2 Å². The van der Waals surface area contributed by atoms with E-state index in [2.05, 4.69) is 4.98 Å². The first kappa shape index (κ1) is 9.71. The molecule has 0 radical (unpaired) electrons. The lowest BCUT2D eigenvalue weighted by molar-refractivity contribution is 0.233. The molecule has 1 saturated carbocycles. The maximum absolute atomic E-state index is 8.85. The first-order valence-corrected chi connectivity index (χ1v) is 5.45. The average molecular weight is 195 g/mol. The molecule has 0 amide bonds. The summed E-state index contributed by atoms with van der Waals surface area (Å²) in [6.45, 7) is -0.0906. The molecule has 1 heterocycles. The van der Waals surface area contributed by atoms with Crippen molar-refractivity contribution in [1.29, 1.82) is 0 Å². The predicted octanol–water partition coefficient (Wildman–Crippen LogP) is 2.60. The third kappa shape index (κ3) is 2.15. The Morgan fingerprint density at radius 1 is 1.29 bits per heavy atom. The lowest BCUT2D eigenvalue weighted by Gasteiger charge is -2.09. The van der Waals surface area contributed by atoms with Gasteiger partial charge in [-0.05, 0) is 12.8 Å². The van der Waals surface area contributed by atoms with Crippen LogP contribution >= 0.6 is 0 Å². The molecule has 0 saturated heterocycles. The van der Waals surface area contributed by atoms with Gasteiger partial charge in [-0.25, -0.2) is 4.98 Å². The van der Waals surface area contributed by atoms with E-state index >= 15 is 0 Å². The van der Waals surface area contributed by atoms with Crippen LogP contribution in [0, 0.1) is 0 Å². The van der Waals surface area contributed by atoms with Crippen molar-refractivity contribution in [3.63, 3.8) is 0 Å². The van der Waals surface area contributed by atoms with Crippen molar-refractivity contribution in [3.05, 3.63) is 17.8 Å². The van der Waals surface area contributed by atoms with E-state index in [0.717, 1.165) is 5.76 Å². The van der Waals surface area contributed by atoms with E-state index in [-0.39, 0.29) is 6.61 Å². The molecule has 1 aliphatic rings. The summed E-state index contributed by atoms with van der Waals surface area (Å²) in [4.78, 5) is 4.02. The number of hydrogen-bond acceptors (Lipinski definition) is 3. The molecule has 1 aromatic rings. The molecule has 1 N–H and O–H groups in total. The maximum Gasteiger partial charge on any atom is 0.220 e. The molecule has 3 heteroatoms. The second-order valence-corrected chi connectivity index (χ2v) is 4.00. The van der Waals surface area contributed by atoms with E-state index in [9.17, 15) is 0 Å². The molecule has 0 bridgehead atoms. The van der Waals surface area contributed by atoms with Gasteiger partial charge in [0.2, 0.25) is 5.89 Å². The Morgan fingerprint density at radius 3 is 2.57 bits per heavy atom. The molecular formula is C11H17NO2. The number of aliphatic hydroxyl groups excluding tert-OH is 1. The van der Waals surface area contributed by atoms with Gasteiger partial charge in [0.25, 0.3) is 0 Å². The van der Waals surface area contributed by atoms with E-state index in [0.29, 0.717) is 11.8 Å². The Kier molecular flexibility index (Phi) is 3.19. The van der Waals surface area contributed by atoms with Crippen LogP contribution in [0.2, 0.25) is 0 Å². The maximum atomic E-state index is 8.85. The molecule has 14 heavy (non-hydrogen) atoms. The lowest BCUT2D eigenvalue weighted by atomic mass is 9.98. The molecule has 1 aromatic heterocycles. The molecule has 1 aliphatic carbocycles. The molecule has 2 rings (SSSR count). The molecule has 78 valence electrons. The zero-order valence-electron chi connectivity index (χ0n) is 8.41. The highest BCUT2D eigenvalue weighted by atomic mass is 16.4. The van der Waals surface area contributed by atoms with Gasteiger partial charge in [0.15, 0.2) is 0 Å². The highest BCUT2D eigenvalue weighted by Crippen LogP contribution is 2.31. The van der Waals surface area contributed by atoms with Gasteiger partial charge in [-0.1, -0.05) is 25.7 Å². The summed E-state index contributed by atoms with van der Waals surface area (Å²) in [5.41, 5.74) is 0. The second-order valence-electron chi connectivity index (χ2n) is 4.00. The van der Waals surface area contributed by atoms with Crippen LogP contribution in [-0.4, -0.2) is 10.1 Å². The van der Waals surface area contributed by atoms with Crippen molar-refractivity contribution in [2.75, 3.05) is 0 Å². The summed E-state index contributed by atoms with van der Waals surface area (Å²) in [6, 6.07) is 0. The minimum absolute atomic E-state index is 0.0906. The number of hydrogen-bond donors (Lipinski definition) is 1. The van der Waals surface area contributed by atoms with Crippen LogP contribution in [0.25, 0.3) is 0 Å². The zero-order chi connectivity index (χ0) is 9.80. The largest absolute Gasteiger partial charge is 0.443 e. The van der Waals surface area contributed by atoms with Crippen molar-refractivity contribution in [2.24, 2.45) is 0 Å². The SMILES string of the molecule is OCc1ncc(C2CCCCCC2)o1. The Morgan fingerprint density at radius 2 is 2.00 bits per heavy atom. The van der Waals surface area contributed by atoms with Crippen molar-refractivity contribution in [2.45, 2.75) is 51.0 Å². The summed E-state index contributed by atoms with van der Waals surface area (Å²) in [7, 11) is 0. The van der Waals surface area contributed by atoms with Crippen LogP contribution < -0.4 is 0 Å². The average Bonchev–Trinajstić information content (AvgIpc) is 2.53.